The van der Waals surface area contributed by atoms with Crippen molar-refractivity contribution in [2.75, 3.05) is 17.2 Å². The highest BCUT2D eigenvalue weighted by Crippen LogP contribution is 2.25. The molecule has 0 spiro atoms. The van der Waals surface area contributed by atoms with Crippen LogP contribution >= 0.6 is 0 Å². The Hall–Kier alpha value is -3.42. The number of amides is 2. The maximum absolute atomic E-state index is 12.0. The molecular formula is C18H19N3O5. The Labute approximate surface area is 150 Å². The van der Waals surface area contributed by atoms with E-state index in [1.165, 1.54) is 19.1 Å². The SMILES string of the molecule is CC(=O)Nc1cccc(NC(=O)CCCOc2ccccc2[N+](=O)[O-])c1. The van der Waals surface area contributed by atoms with Crippen molar-refractivity contribution in [2.45, 2.75) is 19.8 Å². The summed E-state index contributed by atoms with van der Waals surface area (Å²) < 4.78 is 5.39. The summed E-state index contributed by atoms with van der Waals surface area (Å²) >= 11 is 0. The number of benzene rings is 2. The van der Waals surface area contributed by atoms with Crippen molar-refractivity contribution < 1.29 is 19.2 Å². The van der Waals surface area contributed by atoms with Crippen molar-refractivity contribution in [3.05, 3.63) is 58.6 Å². The Morgan fingerprint density at radius 2 is 1.77 bits per heavy atom. The molecule has 0 aromatic heterocycles. The highest BCUT2D eigenvalue weighted by molar-refractivity contribution is 5.93. The van der Waals surface area contributed by atoms with E-state index in [4.69, 9.17) is 4.74 Å². The second kappa shape index (κ2) is 9.16. The molecule has 2 N–H and O–H groups in total. The molecule has 0 radical (unpaired) electrons. The molecule has 2 amide bonds. The number of carbonyl (C=O) groups is 2. The molecule has 0 saturated heterocycles. The number of nitro benzene ring substituents is 1. The highest BCUT2D eigenvalue weighted by atomic mass is 16.6. The van der Waals surface area contributed by atoms with Gasteiger partial charge in [0.15, 0.2) is 5.75 Å². The Kier molecular flexibility index (Phi) is 6.67. The number of anilines is 2. The van der Waals surface area contributed by atoms with Crippen molar-refractivity contribution in [3.8, 4) is 5.75 Å². The number of para-hydroxylation sites is 2. The van der Waals surface area contributed by atoms with Gasteiger partial charge in [-0.1, -0.05) is 18.2 Å². The monoisotopic (exact) mass is 357 g/mol. The average Bonchev–Trinajstić information content (AvgIpc) is 2.58. The topological polar surface area (TPSA) is 111 Å². The zero-order valence-electron chi connectivity index (χ0n) is 14.2. The van der Waals surface area contributed by atoms with Crippen LogP contribution < -0.4 is 15.4 Å². The normalized spacial score (nSPS) is 10.0. The third-order valence-electron chi connectivity index (χ3n) is 3.33. The minimum Gasteiger partial charge on any atom is -0.487 e. The summed E-state index contributed by atoms with van der Waals surface area (Å²) in [5, 5.41) is 16.3. The summed E-state index contributed by atoms with van der Waals surface area (Å²) in [5.74, 6) is -0.224. The van der Waals surface area contributed by atoms with Gasteiger partial charge in [0.2, 0.25) is 11.8 Å². The molecule has 0 saturated carbocycles. The minimum absolute atomic E-state index is 0.105. The largest absolute Gasteiger partial charge is 0.487 e. The first-order chi connectivity index (χ1) is 12.5. The minimum atomic E-state index is -0.510. The third kappa shape index (κ3) is 5.90. The summed E-state index contributed by atoms with van der Waals surface area (Å²) in [7, 11) is 0. The molecule has 0 unspecified atom stereocenters. The Balaban J connectivity index is 1.79. The van der Waals surface area contributed by atoms with Crippen LogP contribution in [0.2, 0.25) is 0 Å². The lowest BCUT2D eigenvalue weighted by Gasteiger charge is -2.09. The molecule has 0 fully saturated rings. The first kappa shape index (κ1) is 18.9. The van der Waals surface area contributed by atoms with Crippen molar-refractivity contribution in [1.29, 1.82) is 0 Å². The molecule has 0 atom stereocenters. The number of nitrogens with zero attached hydrogens (tertiary/aromatic N) is 1. The molecular weight excluding hydrogens is 338 g/mol. The molecule has 0 aliphatic heterocycles. The van der Waals surface area contributed by atoms with Gasteiger partial charge in [0.1, 0.15) is 0 Å². The maximum atomic E-state index is 12.0. The number of hydrogen-bond donors (Lipinski definition) is 2. The second-order valence-electron chi connectivity index (χ2n) is 5.49. The molecule has 0 bridgehead atoms. The fourth-order valence-electron chi connectivity index (χ4n) is 2.25. The Morgan fingerprint density at radius 3 is 2.46 bits per heavy atom. The number of nitrogens with one attached hydrogen (secondary N) is 2. The molecule has 8 heteroatoms. The Bertz CT molecular complexity index is 807. The highest BCUT2D eigenvalue weighted by Gasteiger charge is 2.13. The van der Waals surface area contributed by atoms with Crippen molar-refractivity contribution in [3.63, 3.8) is 0 Å². The molecule has 0 aliphatic rings. The smallest absolute Gasteiger partial charge is 0.310 e. The fraction of sp³-hybridized carbons (Fsp3) is 0.222. The van der Waals surface area contributed by atoms with E-state index >= 15 is 0 Å². The van der Waals surface area contributed by atoms with Crippen molar-refractivity contribution in [2.24, 2.45) is 0 Å². The summed E-state index contributed by atoms with van der Waals surface area (Å²) in [4.78, 5) is 33.4. The van der Waals surface area contributed by atoms with Crippen LogP contribution in [0.4, 0.5) is 17.1 Å². The van der Waals surface area contributed by atoms with E-state index in [1.54, 1.807) is 36.4 Å². The van der Waals surface area contributed by atoms with Crippen LogP contribution in [0.1, 0.15) is 19.8 Å². The van der Waals surface area contributed by atoms with Crippen LogP contribution in [-0.4, -0.2) is 23.3 Å². The maximum Gasteiger partial charge on any atom is 0.310 e. The number of hydrogen-bond acceptors (Lipinski definition) is 5. The standard InChI is InChI=1S/C18H19N3O5/c1-13(22)19-14-6-4-7-15(12-14)20-18(23)10-5-11-26-17-9-3-2-8-16(17)21(24)25/h2-4,6-9,12H,5,10-11H2,1H3,(H,19,22)(H,20,23). The van der Waals surface area contributed by atoms with E-state index in [1.807, 2.05) is 0 Å². The van der Waals surface area contributed by atoms with Gasteiger partial charge in [-0.3, -0.25) is 19.7 Å². The number of nitro groups is 1. The van der Waals surface area contributed by atoms with Gasteiger partial charge in [-0.2, -0.15) is 0 Å². The van der Waals surface area contributed by atoms with E-state index < -0.39 is 4.92 Å². The Morgan fingerprint density at radius 1 is 1.08 bits per heavy atom. The van der Waals surface area contributed by atoms with E-state index in [-0.39, 0.29) is 36.3 Å². The number of carbonyl (C=O) groups excluding carboxylic acids is 2. The molecule has 2 rings (SSSR count). The van der Waals surface area contributed by atoms with Crippen molar-refractivity contribution >= 4 is 28.9 Å². The van der Waals surface area contributed by atoms with Crippen LogP contribution in [0.15, 0.2) is 48.5 Å². The molecule has 0 aliphatic carbocycles. The summed E-state index contributed by atoms with van der Waals surface area (Å²) in [6.45, 7) is 1.59. The molecule has 2 aromatic rings. The van der Waals surface area contributed by atoms with Gasteiger partial charge < -0.3 is 15.4 Å². The summed E-state index contributed by atoms with van der Waals surface area (Å²) in [6.07, 6.45) is 0.605. The average molecular weight is 357 g/mol. The lowest BCUT2D eigenvalue weighted by atomic mass is 10.2. The zero-order chi connectivity index (χ0) is 18.9. The van der Waals surface area contributed by atoms with Gasteiger partial charge in [-0.25, -0.2) is 0 Å². The first-order valence-corrected chi connectivity index (χ1v) is 7.99. The van der Waals surface area contributed by atoms with Gasteiger partial charge in [0, 0.05) is 30.8 Å². The van der Waals surface area contributed by atoms with Gasteiger partial charge in [-0.15, -0.1) is 0 Å². The fourth-order valence-corrected chi connectivity index (χ4v) is 2.25. The lowest BCUT2D eigenvalue weighted by molar-refractivity contribution is -0.385. The van der Waals surface area contributed by atoms with Gasteiger partial charge >= 0.3 is 5.69 Å². The zero-order valence-corrected chi connectivity index (χ0v) is 14.2. The van der Waals surface area contributed by atoms with Gasteiger partial charge in [0.05, 0.1) is 11.5 Å². The predicted octanol–water partition coefficient (Wildman–Crippen LogP) is 3.35. The van der Waals surface area contributed by atoms with Crippen LogP contribution in [0.3, 0.4) is 0 Å². The summed E-state index contributed by atoms with van der Waals surface area (Å²) in [6, 6.07) is 12.9. The second-order valence-corrected chi connectivity index (χ2v) is 5.49. The van der Waals surface area contributed by atoms with E-state index in [0.29, 0.717) is 17.8 Å². The number of ether oxygens (including phenoxy) is 1. The quantitative estimate of drug-likeness (QED) is 0.427. The van der Waals surface area contributed by atoms with E-state index in [2.05, 4.69) is 10.6 Å². The number of rotatable bonds is 8. The van der Waals surface area contributed by atoms with Crippen LogP contribution in [-0.2, 0) is 9.59 Å². The first-order valence-electron chi connectivity index (χ1n) is 7.99. The molecule has 26 heavy (non-hydrogen) atoms. The van der Waals surface area contributed by atoms with Crippen molar-refractivity contribution in [1.82, 2.24) is 0 Å². The lowest BCUT2D eigenvalue weighted by Crippen LogP contribution is -2.13. The summed E-state index contributed by atoms with van der Waals surface area (Å²) in [5.41, 5.74) is 1.06. The van der Waals surface area contributed by atoms with Gasteiger partial charge in [0.25, 0.3) is 0 Å². The molecule has 2 aromatic carbocycles. The van der Waals surface area contributed by atoms with Gasteiger partial charge in [-0.05, 0) is 30.7 Å². The van der Waals surface area contributed by atoms with Crippen LogP contribution in [0.5, 0.6) is 5.75 Å². The van der Waals surface area contributed by atoms with E-state index in [0.717, 1.165) is 0 Å². The molecule has 0 heterocycles. The van der Waals surface area contributed by atoms with Crippen LogP contribution in [0, 0.1) is 10.1 Å². The third-order valence-corrected chi connectivity index (χ3v) is 3.33. The molecule has 8 nitrogen and oxygen atoms in total. The van der Waals surface area contributed by atoms with Crippen LogP contribution in [0.25, 0.3) is 0 Å². The van der Waals surface area contributed by atoms with E-state index in [9.17, 15) is 19.7 Å². The predicted molar refractivity (Wildman–Crippen MR) is 97.2 cm³/mol. The molecule has 136 valence electrons.